The van der Waals surface area contributed by atoms with Gasteiger partial charge < -0.3 is 9.47 Å². The molecule has 0 aliphatic carbocycles. The summed E-state index contributed by atoms with van der Waals surface area (Å²) in [5, 5.41) is 0.293. The number of carbonyl (C=O) groups excluding carboxylic acids is 2. The van der Waals surface area contributed by atoms with Gasteiger partial charge >= 0.3 is 0 Å². The summed E-state index contributed by atoms with van der Waals surface area (Å²) in [5.41, 5.74) is 1.66. The Morgan fingerprint density at radius 3 is 2.30 bits per heavy atom. The van der Waals surface area contributed by atoms with Gasteiger partial charge in [-0.3, -0.25) is 14.5 Å². The van der Waals surface area contributed by atoms with Gasteiger partial charge in [0.25, 0.3) is 11.1 Å². The predicted molar refractivity (Wildman–Crippen MR) is 127 cm³/mol. The molecule has 0 aromatic heterocycles. The predicted octanol–water partition coefficient (Wildman–Crippen LogP) is 6.17. The summed E-state index contributed by atoms with van der Waals surface area (Å²) in [4.78, 5) is 26.4. The van der Waals surface area contributed by atoms with Crippen molar-refractivity contribution >= 4 is 40.6 Å². The lowest BCUT2D eigenvalue weighted by Crippen LogP contribution is -2.32. The maximum Gasteiger partial charge on any atom is 0.293 e. The Morgan fingerprint density at radius 1 is 0.909 bits per heavy atom. The van der Waals surface area contributed by atoms with Gasteiger partial charge in [-0.1, -0.05) is 41.9 Å². The van der Waals surface area contributed by atoms with Crippen LogP contribution < -0.4 is 9.47 Å². The smallest absolute Gasteiger partial charge is 0.293 e. The quantitative estimate of drug-likeness (QED) is 0.358. The zero-order valence-corrected chi connectivity index (χ0v) is 18.9. The fourth-order valence-corrected chi connectivity index (χ4v) is 4.12. The van der Waals surface area contributed by atoms with Crippen molar-refractivity contribution in [1.29, 1.82) is 0 Å². The average molecular weight is 484 g/mol. The molecule has 1 fully saturated rings. The lowest BCUT2D eigenvalue weighted by Gasteiger charge is -2.13. The number of nitrogens with zero attached hydrogens (tertiary/aromatic N) is 1. The summed E-state index contributed by atoms with van der Waals surface area (Å²) in [6.07, 6.45) is 1.67. The molecule has 1 aliphatic rings. The Kier molecular flexibility index (Phi) is 7.32. The van der Waals surface area contributed by atoms with E-state index in [4.69, 9.17) is 21.1 Å². The molecule has 0 atom stereocenters. The van der Waals surface area contributed by atoms with E-state index in [1.165, 1.54) is 24.3 Å². The van der Waals surface area contributed by atoms with Crippen molar-refractivity contribution in [3.8, 4) is 11.5 Å². The van der Waals surface area contributed by atoms with Crippen molar-refractivity contribution in [2.45, 2.75) is 6.61 Å². The lowest BCUT2D eigenvalue weighted by molar-refractivity contribution is -0.123. The van der Waals surface area contributed by atoms with Crippen molar-refractivity contribution in [2.75, 3.05) is 13.2 Å². The molecule has 0 bridgehead atoms. The monoisotopic (exact) mass is 483 g/mol. The topological polar surface area (TPSA) is 55.8 Å². The largest absolute Gasteiger partial charge is 0.492 e. The lowest BCUT2D eigenvalue weighted by atomic mass is 10.2. The van der Waals surface area contributed by atoms with Gasteiger partial charge in [-0.2, -0.15) is 0 Å². The first-order valence-corrected chi connectivity index (χ1v) is 11.3. The van der Waals surface area contributed by atoms with E-state index in [0.717, 1.165) is 27.8 Å². The van der Waals surface area contributed by atoms with E-state index < -0.39 is 0 Å². The van der Waals surface area contributed by atoms with Crippen LogP contribution >= 0.6 is 23.4 Å². The van der Waals surface area contributed by atoms with E-state index >= 15 is 0 Å². The minimum Gasteiger partial charge on any atom is -0.492 e. The minimum atomic E-state index is -0.369. The molecule has 0 unspecified atom stereocenters. The highest BCUT2D eigenvalue weighted by atomic mass is 35.5. The molecule has 33 heavy (non-hydrogen) atoms. The van der Waals surface area contributed by atoms with Crippen molar-refractivity contribution < 1.29 is 23.5 Å². The second kappa shape index (κ2) is 10.6. The third-order valence-corrected chi connectivity index (χ3v) is 6.08. The number of benzene rings is 3. The van der Waals surface area contributed by atoms with Gasteiger partial charge in [0.05, 0.1) is 11.4 Å². The Balaban J connectivity index is 1.32. The molecule has 1 saturated heterocycles. The number of hydrogen-bond donors (Lipinski definition) is 0. The molecule has 8 heteroatoms. The first-order chi connectivity index (χ1) is 16.0. The zero-order chi connectivity index (χ0) is 23.2. The molecule has 0 spiro atoms. The molecular weight excluding hydrogens is 465 g/mol. The number of carbonyl (C=O) groups is 2. The Labute approximate surface area is 199 Å². The third kappa shape index (κ3) is 5.94. The van der Waals surface area contributed by atoms with Gasteiger partial charge in [-0.25, -0.2) is 4.39 Å². The van der Waals surface area contributed by atoms with Crippen LogP contribution in [-0.4, -0.2) is 29.2 Å². The van der Waals surface area contributed by atoms with Crippen LogP contribution in [0.2, 0.25) is 5.02 Å². The molecule has 4 rings (SSSR count). The first kappa shape index (κ1) is 22.9. The van der Waals surface area contributed by atoms with E-state index in [1.54, 1.807) is 18.2 Å². The number of hydrogen-bond acceptors (Lipinski definition) is 5. The van der Waals surface area contributed by atoms with Crippen molar-refractivity contribution in [2.24, 2.45) is 0 Å². The van der Waals surface area contributed by atoms with Crippen LogP contribution in [0.1, 0.15) is 11.1 Å². The van der Waals surface area contributed by atoms with Crippen LogP contribution in [0.5, 0.6) is 11.5 Å². The molecule has 5 nitrogen and oxygen atoms in total. The molecular formula is C25H19ClFNO4S. The van der Waals surface area contributed by atoms with Crippen LogP contribution in [0, 0.1) is 5.82 Å². The van der Waals surface area contributed by atoms with Crippen molar-refractivity contribution in [1.82, 2.24) is 4.90 Å². The molecule has 1 aliphatic heterocycles. The number of imide groups is 1. The summed E-state index contributed by atoms with van der Waals surface area (Å²) in [6.45, 7) is 0.570. The van der Waals surface area contributed by atoms with E-state index in [-0.39, 0.29) is 30.1 Å². The molecule has 168 valence electrons. The van der Waals surface area contributed by atoms with Gasteiger partial charge in [0.2, 0.25) is 0 Å². The van der Waals surface area contributed by atoms with Crippen LogP contribution in [0.4, 0.5) is 9.18 Å². The standard InChI is InChI=1S/C25H19ClFNO4S/c26-22-4-2-1-3-18(22)16-32-21-9-5-17(6-10-21)15-23-24(29)28(25(30)33-23)13-14-31-20-11-7-19(27)8-12-20/h1-12,15H,13-14,16H2/b23-15-. The van der Waals surface area contributed by atoms with Gasteiger partial charge in [0.15, 0.2) is 0 Å². The minimum absolute atomic E-state index is 0.105. The van der Waals surface area contributed by atoms with Crippen LogP contribution in [0.15, 0.2) is 77.7 Å². The third-order valence-electron chi connectivity index (χ3n) is 4.80. The summed E-state index contributed by atoms with van der Waals surface area (Å²) in [5.74, 6) is 0.402. The van der Waals surface area contributed by atoms with Gasteiger partial charge in [-0.05, 0) is 65.9 Å². The van der Waals surface area contributed by atoms with E-state index in [9.17, 15) is 14.0 Å². The number of amides is 2. The highest BCUT2D eigenvalue weighted by molar-refractivity contribution is 8.18. The number of thioether (sulfide) groups is 1. The first-order valence-electron chi connectivity index (χ1n) is 10.1. The van der Waals surface area contributed by atoms with Crippen molar-refractivity contribution in [3.63, 3.8) is 0 Å². The maximum absolute atomic E-state index is 13.0. The fourth-order valence-electron chi connectivity index (χ4n) is 3.07. The summed E-state index contributed by atoms with van der Waals surface area (Å²) in [7, 11) is 0. The van der Waals surface area contributed by atoms with E-state index in [2.05, 4.69) is 0 Å². The van der Waals surface area contributed by atoms with Gasteiger partial charge in [0, 0.05) is 10.6 Å². The number of halogens is 2. The number of ether oxygens (including phenoxy) is 2. The van der Waals surface area contributed by atoms with E-state index in [0.29, 0.717) is 28.0 Å². The second-order valence-electron chi connectivity index (χ2n) is 7.08. The Bertz CT molecular complexity index is 1180. The highest BCUT2D eigenvalue weighted by Crippen LogP contribution is 2.32. The average Bonchev–Trinajstić information content (AvgIpc) is 3.08. The molecule has 3 aromatic carbocycles. The molecule has 0 N–H and O–H groups in total. The molecule has 0 saturated carbocycles. The maximum atomic E-state index is 13.0. The summed E-state index contributed by atoms with van der Waals surface area (Å²) < 4.78 is 24.2. The normalized spacial score (nSPS) is 14.7. The highest BCUT2D eigenvalue weighted by Gasteiger charge is 2.34. The SMILES string of the molecule is O=C1S/C(=C\c2ccc(OCc3ccccc3Cl)cc2)C(=O)N1CCOc1ccc(F)cc1. The zero-order valence-electron chi connectivity index (χ0n) is 17.4. The van der Waals surface area contributed by atoms with Gasteiger partial charge in [0.1, 0.15) is 30.5 Å². The molecule has 3 aromatic rings. The van der Waals surface area contributed by atoms with Crippen LogP contribution in [-0.2, 0) is 11.4 Å². The van der Waals surface area contributed by atoms with Crippen molar-refractivity contribution in [3.05, 3.63) is 99.7 Å². The second-order valence-corrected chi connectivity index (χ2v) is 8.49. The molecule has 2 amide bonds. The Hall–Kier alpha value is -3.29. The Morgan fingerprint density at radius 2 is 1.58 bits per heavy atom. The van der Waals surface area contributed by atoms with Crippen LogP contribution in [0.3, 0.4) is 0 Å². The fraction of sp³-hybridized carbons (Fsp3) is 0.120. The van der Waals surface area contributed by atoms with Crippen LogP contribution in [0.25, 0.3) is 6.08 Å². The number of rotatable bonds is 8. The van der Waals surface area contributed by atoms with Gasteiger partial charge in [-0.15, -0.1) is 0 Å². The summed E-state index contributed by atoms with van der Waals surface area (Å²) in [6, 6.07) is 20.2. The molecule has 1 heterocycles. The molecule has 0 radical (unpaired) electrons. The summed E-state index contributed by atoms with van der Waals surface area (Å²) >= 11 is 7.03. The van der Waals surface area contributed by atoms with E-state index in [1.807, 2.05) is 36.4 Å².